The lowest BCUT2D eigenvalue weighted by Gasteiger charge is -2.20. The van der Waals surface area contributed by atoms with Crippen LogP contribution in [0.25, 0.3) is 0 Å². The Morgan fingerprint density at radius 3 is 2.23 bits per heavy atom. The van der Waals surface area contributed by atoms with E-state index in [0.717, 1.165) is 14.5 Å². The summed E-state index contributed by atoms with van der Waals surface area (Å²) in [5, 5.41) is 0. The second kappa shape index (κ2) is 8.68. The molecule has 0 aromatic heterocycles. The number of carbonyl (C=O) groups excluding carboxylic acids is 2. The fraction of sp³-hybridized carbons (Fsp3) is 0.263. The van der Waals surface area contributed by atoms with E-state index in [1.165, 1.54) is 0 Å². The molecule has 7 heteroatoms. The Morgan fingerprint density at radius 2 is 1.65 bits per heavy atom. The molecule has 0 bridgehead atoms. The number of hydrogen-bond acceptors (Lipinski definition) is 3. The first kappa shape index (κ1) is 20.5. The Kier molecular flexibility index (Phi) is 6.83. The van der Waals surface area contributed by atoms with Crippen LogP contribution in [0.1, 0.15) is 36.7 Å². The van der Waals surface area contributed by atoms with Crippen molar-refractivity contribution in [2.75, 3.05) is 6.61 Å². The van der Waals surface area contributed by atoms with E-state index in [-0.39, 0.29) is 12.0 Å². The van der Waals surface area contributed by atoms with Gasteiger partial charge < -0.3 is 4.74 Å². The molecular weight excluding hydrogens is 464 g/mol. The van der Waals surface area contributed by atoms with E-state index < -0.39 is 11.8 Å². The molecule has 0 aliphatic rings. The largest absolute Gasteiger partial charge is 0.483 e. The number of rotatable bonds is 4. The highest BCUT2D eigenvalue weighted by atomic mass is 79.9. The third kappa shape index (κ3) is 5.85. The Labute approximate surface area is 169 Å². The minimum Gasteiger partial charge on any atom is -0.483 e. The SMILES string of the molecule is CC(C)(C)c1ccc(OCC(=O)NNC(=O)c2ccc(Br)cc2)c(Br)c1. The first-order valence-corrected chi connectivity index (χ1v) is 9.53. The van der Waals surface area contributed by atoms with Crippen LogP contribution in [0.4, 0.5) is 0 Å². The maximum absolute atomic E-state index is 11.9. The van der Waals surface area contributed by atoms with E-state index in [0.29, 0.717) is 11.3 Å². The number of carbonyl (C=O) groups is 2. The second-order valence-electron chi connectivity index (χ2n) is 6.69. The third-order valence-corrected chi connectivity index (χ3v) is 4.73. The maximum atomic E-state index is 11.9. The summed E-state index contributed by atoms with van der Waals surface area (Å²) in [5.41, 5.74) is 6.30. The van der Waals surface area contributed by atoms with Crippen LogP contribution in [0.5, 0.6) is 5.75 Å². The topological polar surface area (TPSA) is 67.4 Å². The van der Waals surface area contributed by atoms with Crippen LogP contribution < -0.4 is 15.6 Å². The van der Waals surface area contributed by atoms with Crippen molar-refractivity contribution >= 4 is 43.7 Å². The van der Waals surface area contributed by atoms with Gasteiger partial charge in [-0.3, -0.25) is 20.4 Å². The molecule has 0 aliphatic carbocycles. The predicted octanol–water partition coefficient (Wildman–Crippen LogP) is 4.35. The van der Waals surface area contributed by atoms with Crippen LogP contribution in [0.2, 0.25) is 0 Å². The van der Waals surface area contributed by atoms with E-state index in [1.807, 2.05) is 18.2 Å². The van der Waals surface area contributed by atoms with Gasteiger partial charge in [0.1, 0.15) is 5.75 Å². The molecule has 0 unspecified atom stereocenters. The number of nitrogens with one attached hydrogen (secondary N) is 2. The molecular formula is C19H20Br2N2O3. The summed E-state index contributed by atoms with van der Waals surface area (Å²) in [6.07, 6.45) is 0. The van der Waals surface area contributed by atoms with Gasteiger partial charge >= 0.3 is 0 Å². The van der Waals surface area contributed by atoms with Crippen LogP contribution in [0, 0.1) is 0 Å². The van der Waals surface area contributed by atoms with Gasteiger partial charge in [0, 0.05) is 10.0 Å². The molecule has 0 atom stereocenters. The first-order valence-electron chi connectivity index (χ1n) is 7.94. The average Bonchev–Trinajstić information content (AvgIpc) is 2.58. The van der Waals surface area contributed by atoms with E-state index >= 15 is 0 Å². The van der Waals surface area contributed by atoms with E-state index in [2.05, 4.69) is 63.5 Å². The van der Waals surface area contributed by atoms with Gasteiger partial charge in [-0.2, -0.15) is 0 Å². The lowest BCUT2D eigenvalue weighted by atomic mass is 9.87. The van der Waals surface area contributed by atoms with Crippen molar-refractivity contribution in [3.8, 4) is 5.75 Å². The van der Waals surface area contributed by atoms with Gasteiger partial charge in [-0.1, -0.05) is 42.8 Å². The van der Waals surface area contributed by atoms with Gasteiger partial charge in [0.15, 0.2) is 6.61 Å². The zero-order chi connectivity index (χ0) is 19.3. The molecule has 26 heavy (non-hydrogen) atoms. The van der Waals surface area contributed by atoms with Crippen molar-refractivity contribution in [2.45, 2.75) is 26.2 Å². The first-order chi connectivity index (χ1) is 12.2. The van der Waals surface area contributed by atoms with E-state index in [4.69, 9.17) is 4.74 Å². The average molecular weight is 484 g/mol. The summed E-state index contributed by atoms with van der Waals surface area (Å²) in [6, 6.07) is 12.6. The fourth-order valence-corrected chi connectivity index (χ4v) is 2.82. The Hall–Kier alpha value is -1.86. The summed E-state index contributed by atoms with van der Waals surface area (Å²) in [7, 11) is 0. The molecule has 0 fully saturated rings. The molecule has 2 N–H and O–H groups in total. The van der Waals surface area contributed by atoms with Gasteiger partial charge in [0.25, 0.3) is 11.8 Å². The summed E-state index contributed by atoms with van der Waals surface area (Å²) >= 11 is 6.76. The van der Waals surface area contributed by atoms with Gasteiger partial charge in [0.2, 0.25) is 0 Å². The number of hydrogen-bond donors (Lipinski definition) is 2. The Morgan fingerprint density at radius 1 is 1.00 bits per heavy atom. The van der Waals surface area contributed by atoms with Gasteiger partial charge in [-0.15, -0.1) is 0 Å². The lowest BCUT2D eigenvalue weighted by molar-refractivity contribution is -0.123. The zero-order valence-corrected chi connectivity index (χ0v) is 17.9. The second-order valence-corrected chi connectivity index (χ2v) is 8.46. The van der Waals surface area contributed by atoms with Crippen molar-refractivity contribution in [3.05, 3.63) is 62.5 Å². The highest BCUT2D eigenvalue weighted by Crippen LogP contribution is 2.31. The Balaban J connectivity index is 1.85. The van der Waals surface area contributed by atoms with E-state index in [1.54, 1.807) is 24.3 Å². The van der Waals surface area contributed by atoms with Gasteiger partial charge in [0.05, 0.1) is 4.47 Å². The molecule has 2 rings (SSSR count). The predicted molar refractivity (Wildman–Crippen MR) is 108 cm³/mol. The minimum absolute atomic E-state index is 0.0235. The van der Waals surface area contributed by atoms with Crippen molar-refractivity contribution in [1.82, 2.24) is 10.9 Å². The summed E-state index contributed by atoms with van der Waals surface area (Å²) in [5.74, 6) is -0.295. The number of halogens is 2. The quantitative estimate of drug-likeness (QED) is 0.635. The lowest BCUT2D eigenvalue weighted by Crippen LogP contribution is -2.43. The van der Waals surface area contributed by atoms with E-state index in [9.17, 15) is 9.59 Å². The van der Waals surface area contributed by atoms with Crippen LogP contribution in [0.15, 0.2) is 51.4 Å². The van der Waals surface area contributed by atoms with Gasteiger partial charge in [-0.25, -0.2) is 0 Å². The smallest absolute Gasteiger partial charge is 0.276 e. The van der Waals surface area contributed by atoms with Crippen molar-refractivity contribution in [3.63, 3.8) is 0 Å². The minimum atomic E-state index is -0.456. The third-order valence-electron chi connectivity index (χ3n) is 3.58. The highest BCUT2D eigenvalue weighted by Gasteiger charge is 2.16. The molecule has 0 heterocycles. The molecule has 2 amide bonds. The number of ether oxygens (including phenoxy) is 1. The summed E-state index contributed by atoms with van der Waals surface area (Å²) in [6.45, 7) is 6.15. The zero-order valence-electron chi connectivity index (χ0n) is 14.7. The van der Waals surface area contributed by atoms with Crippen LogP contribution in [-0.2, 0) is 10.2 Å². The maximum Gasteiger partial charge on any atom is 0.276 e. The molecule has 0 spiro atoms. The van der Waals surface area contributed by atoms with Crippen molar-refractivity contribution < 1.29 is 14.3 Å². The number of amides is 2. The van der Waals surface area contributed by atoms with Crippen LogP contribution >= 0.6 is 31.9 Å². The Bertz CT molecular complexity index is 799. The molecule has 0 saturated heterocycles. The van der Waals surface area contributed by atoms with Gasteiger partial charge in [-0.05, 0) is 63.3 Å². The number of benzene rings is 2. The molecule has 2 aromatic carbocycles. The summed E-state index contributed by atoms with van der Waals surface area (Å²) in [4.78, 5) is 23.8. The summed E-state index contributed by atoms with van der Waals surface area (Å²) < 4.78 is 7.15. The van der Waals surface area contributed by atoms with Crippen LogP contribution in [-0.4, -0.2) is 18.4 Å². The molecule has 138 valence electrons. The molecule has 0 saturated carbocycles. The van der Waals surface area contributed by atoms with Crippen LogP contribution in [0.3, 0.4) is 0 Å². The monoisotopic (exact) mass is 482 g/mol. The molecule has 5 nitrogen and oxygen atoms in total. The molecule has 2 aromatic rings. The molecule has 0 radical (unpaired) electrons. The fourth-order valence-electron chi connectivity index (χ4n) is 2.06. The van der Waals surface area contributed by atoms with Crippen molar-refractivity contribution in [1.29, 1.82) is 0 Å². The van der Waals surface area contributed by atoms with Crippen molar-refractivity contribution in [2.24, 2.45) is 0 Å². The normalized spacial score (nSPS) is 11.0. The highest BCUT2D eigenvalue weighted by molar-refractivity contribution is 9.10. The standard InChI is InChI=1S/C19H20Br2N2O3/c1-19(2,3)13-6-9-16(15(21)10-13)26-11-17(24)22-23-18(25)12-4-7-14(20)8-5-12/h4-10H,11H2,1-3H3,(H,22,24)(H,23,25). The molecule has 0 aliphatic heterocycles. The number of hydrazine groups is 1.